The van der Waals surface area contributed by atoms with Crippen molar-refractivity contribution in [2.24, 2.45) is 0 Å². The van der Waals surface area contributed by atoms with Gasteiger partial charge in [-0.2, -0.15) is 0 Å². The third-order valence-corrected chi connectivity index (χ3v) is 5.33. The van der Waals surface area contributed by atoms with Crippen LogP contribution in [0.2, 0.25) is 0 Å². The van der Waals surface area contributed by atoms with Crippen LogP contribution in [0.1, 0.15) is 16.7 Å². The van der Waals surface area contributed by atoms with Crippen LogP contribution in [0.15, 0.2) is 36.4 Å². The Hall–Kier alpha value is -2.44. The van der Waals surface area contributed by atoms with E-state index in [2.05, 4.69) is 15.1 Å². The second kappa shape index (κ2) is 9.17. The number of carbonyl (C=O) groups is 1. The van der Waals surface area contributed by atoms with Gasteiger partial charge in [-0.05, 0) is 48.7 Å². The minimum atomic E-state index is -0.332. The number of rotatable bonds is 6. The first-order chi connectivity index (χ1) is 13.5. The Morgan fingerprint density at radius 1 is 1.11 bits per heavy atom. The number of carbonyl (C=O) groups excluding carboxylic acids is 1. The van der Waals surface area contributed by atoms with Gasteiger partial charge < -0.3 is 10.1 Å². The van der Waals surface area contributed by atoms with E-state index in [-0.39, 0.29) is 17.5 Å². The van der Waals surface area contributed by atoms with Crippen molar-refractivity contribution >= 4 is 11.6 Å². The number of methoxy groups -OCH3 is 1. The highest BCUT2D eigenvalue weighted by Crippen LogP contribution is 2.20. The molecule has 1 N–H and O–H groups in total. The number of amides is 1. The number of hydrogen-bond acceptors (Lipinski definition) is 4. The van der Waals surface area contributed by atoms with E-state index in [4.69, 9.17) is 4.74 Å². The molecule has 1 heterocycles. The molecule has 2 aromatic carbocycles. The van der Waals surface area contributed by atoms with Crippen LogP contribution >= 0.6 is 0 Å². The average molecular weight is 385 g/mol. The molecule has 0 radical (unpaired) electrons. The molecule has 0 unspecified atom stereocenters. The average Bonchev–Trinajstić information content (AvgIpc) is 2.67. The number of nitrogens with one attached hydrogen (secondary N) is 1. The Bertz CT molecular complexity index is 833. The van der Waals surface area contributed by atoms with Crippen molar-refractivity contribution in [3.8, 4) is 5.75 Å². The van der Waals surface area contributed by atoms with E-state index in [1.165, 1.54) is 18.7 Å². The molecular weight excluding hydrogens is 357 g/mol. The summed E-state index contributed by atoms with van der Waals surface area (Å²) in [6.07, 6.45) is 0. The summed E-state index contributed by atoms with van der Waals surface area (Å²) in [5.41, 5.74) is 4.08. The fraction of sp³-hybridized carbons (Fsp3) is 0.409. The SMILES string of the molecule is COc1ccc(CN2CCN(CC(=O)Nc3cccc(C)c3C)CC2)cc1F. The zero-order valence-electron chi connectivity index (χ0n) is 16.8. The highest BCUT2D eigenvalue weighted by atomic mass is 19.1. The van der Waals surface area contributed by atoms with Gasteiger partial charge in [0, 0.05) is 38.4 Å². The normalized spacial score (nSPS) is 15.4. The van der Waals surface area contributed by atoms with Gasteiger partial charge in [-0.15, -0.1) is 0 Å². The molecule has 0 bridgehead atoms. The second-order valence-electron chi connectivity index (χ2n) is 7.32. The maximum atomic E-state index is 13.8. The minimum absolute atomic E-state index is 0.0133. The maximum Gasteiger partial charge on any atom is 0.238 e. The predicted octanol–water partition coefficient (Wildman–Crippen LogP) is 3.21. The highest BCUT2D eigenvalue weighted by Gasteiger charge is 2.19. The van der Waals surface area contributed by atoms with E-state index in [1.54, 1.807) is 6.07 Å². The molecule has 1 aliphatic rings. The lowest BCUT2D eigenvalue weighted by molar-refractivity contribution is -0.117. The molecule has 2 aromatic rings. The van der Waals surface area contributed by atoms with Gasteiger partial charge in [0.25, 0.3) is 0 Å². The van der Waals surface area contributed by atoms with Crippen molar-refractivity contribution in [2.75, 3.05) is 45.2 Å². The number of nitrogens with zero attached hydrogens (tertiary/aromatic N) is 2. The Morgan fingerprint density at radius 2 is 1.82 bits per heavy atom. The molecule has 3 rings (SSSR count). The fourth-order valence-electron chi connectivity index (χ4n) is 3.45. The van der Waals surface area contributed by atoms with Crippen LogP contribution in [0.3, 0.4) is 0 Å². The van der Waals surface area contributed by atoms with Crippen LogP contribution in [0.4, 0.5) is 10.1 Å². The molecule has 0 aliphatic carbocycles. The van der Waals surface area contributed by atoms with Crippen LogP contribution in [0.25, 0.3) is 0 Å². The monoisotopic (exact) mass is 385 g/mol. The lowest BCUT2D eigenvalue weighted by Crippen LogP contribution is -2.48. The van der Waals surface area contributed by atoms with Gasteiger partial charge in [-0.25, -0.2) is 4.39 Å². The smallest absolute Gasteiger partial charge is 0.238 e. The van der Waals surface area contributed by atoms with Crippen LogP contribution in [-0.4, -0.2) is 55.5 Å². The number of aryl methyl sites for hydroxylation is 1. The third kappa shape index (κ3) is 5.09. The molecule has 1 fully saturated rings. The standard InChI is InChI=1S/C22H28FN3O2/c1-16-5-4-6-20(17(16)2)24-22(27)15-26-11-9-25(10-12-26)14-18-7-8-21(28-3)19(23)13-18/h4-8,13H,9-12,14-15H2,1-3H3,(H,24,27). The molecule has 5 nitrogen and oxygen atoms in total. The quantitative estimate of drug-likeness (QED) is 0.829. The molecule has 1 amide bonds. The summed E-state index contributed by atoms with van der Waals surface area (Å²) < 4.78 is 18.8. The Labute approximate surface area is 166 Å². The Morgan fingerprint density at radius 3 is 2.50 bits per heavy atom. The second-order valence-corrected chi connectivity index (χ2v) is 7.32. The van der Waals surface area contributed by atoms with Crippen LogP contribution in [0, 0.1) is 19.7 Å². The molecular formula is C22H28FN3O2. The first-order valence-corrected chi connectivity index (χ1v) is 9.59. The van der Waals surface area contributed by atoms with Gasteiger partial charge in [0.15, 0.2) is 11.6 Å². The van der Waals surface area contributed by atoms with Crippen LogP contribution in [-0.2, 0) is 11.3 Å². The molecule has 6 heteroatoms. The molecule has 0 atom stereocenters. The van der Waals surface area contributed by atoms with Gasteiger partial charge in [0.05, 0.1) is 13.7 Å². The van der Waals surface area contributed by atoms with Crippen molar-refractivity contribution in [1.29, 1.82) is 0 Å². The van der Waals surface area contributed by atoms with Crippen molar-refractivity contribution in [1.82, 2.24) is 9.80 Å². The summed E-state index contributed by atoms with van der Waals surface area (Å²) in [7, 11) is 1.47. The van der Waals surface area contributed by atoms with E-state index in [0.717, 1.165) is 43.0 Å². The Balaban J connectivity index is 1.46. The molecule has 0 saturated carbocycles. The lowest BCUT2D eigenvalue weighted by atomic mass is 10.1. The summed E-state index contributed by atoms with van der Waals surface area (Å²) in [5, 5.41) is 3.02. The number of ether oxygens (including phenoxy) is 1. The fourth-order valence-corrected chi connectivity index (χ4v) is 3.45. The summed E-state index contributed by atoms with van der Waals surface area (Å²) >= 11 is 0. The van der Waals surface area contributed by atoms with Crippen LogP contribution in [0.5, 0.6) is 5.75 Å². The number of piperazine rings is 1. The zero-order chi connectivity index (χ0) is 20.1. The minimum Gasteiger partial charge on any atom is -0.494 e. The topological polar surface area (TPSA) is 44.8 Å². The largest absolute Gasteiger partial charge is 0.494 e. The van der Waals surface area contributed by atoms with Crippen molar-refractivity contribution in [3.05, 3.63) is 58.9 Å². The molecule has 0 spiro atoms. The van der Waals surface area contributed by atoms with Crippen molar-refractivity contribution in [3.63, 3.8) is 0 Å². The predicted molar refractivity (Wildman–Crippen MR) is 109 cm³/mol. The van der Waals surface area contributed by atoms with Crippen molar-refractivity contribution < 1.29 is 13.9 Å². The van der Waals surface area contributed by atoms with Gasteiger partial charge in [0.1, 0.15) is 0 Å². The molecule has 0 aromatic heterocycles. The molecule has 28 heavy (non-hydrogen) atoms. The molecule has 1 saturated heterocycles. The van der Waals surface area contributed by atoms with E-state index < -0.39 is 0 Å². The van der Waals surface area contributed by atoms with E-state index in [1.807, 2.05) is 38.1 Å². The lowest BCUT2D eigenvalue weighted by Gasteiger charge is -2.34. The maximum absolute atomic E-state index is 13.8. The summed E-state index contributed by atoms with van der Waals surface area (Å²) in [5.74, 6) is -0.0513. The number of halogens is 1. The first-order valence-electron chi connectivity index (χ1n) is 9.59. The van der Waals surface area contributed by atoms with Gasteiger partial charge in [0.2, 0.25) is 5.91 Å². The van der Waals surface area contributed by atoms with Crippen LogP contribution < -0.4 is 10.1 Å². The van der Waals surface area contributed by atoms with E-state index in [9.17, 15) is 9.18 Å². The summed E-state index contributed by atoms with van der Waals surface area (Å²) in [6.45, 7) is 8.49. The van der Waals surface area contributed by atoms with Crippen molar-refractivity contribution in [2.45, 2.75) is 20.4 Å². The highest BCUT2D eigenvalue weighted by molar-refractivity contribution is 5.93. The third-order valence-electron chi connectivity index (χ3n) is 5.33. The van der Waals surface area contributed by atoms with Gasteiger partial charge in [-0.1, -0.05) is 18.2 Å². The van der Waals surface area contributed by atoms with Gasteiger partial charge >= 0.3 is 0 Å². The summed E-state index contributed by atoms with van der Waals surface area (Å²) in [4.78, 5) is 16.8. The summed E-state index contributed by atoms with van der Waals surface area (Å²) in [6, 6.07) is 11.0. The zero-order valence-corrected chi connectivity index (χ0v) is 16.8. The first kappa shape index (κ1) is 20.3. The van der Waals surface area contributed by atoms with Gasteiger partial charge in [-0.3, -0.25) is 14.6 Å². The number of anilines is 1. The molecule has 150 valence electrons. The van der Waals surface area contributed by atoms with E-state index in [0.29, 0.717) is 13.1 Å². The molecule has 1 aliphatic heterocycles. The Kier molecular flexibility index (Phi) is 6.65. The van der Waals surface area contributed by atoms with E-state index >= 15 is 0 Å². The number of benzene rings is 2. The number of hydrogen-bond donors (Lipinski definition) is 1.